The number of thiophene rings is 1. The van der Waals surface area contributed by atoms with Crippen LogP contribution in [0.15, 0.2) is 11.4 Å². The van der Waals surface area contributed by atoms with Crippen molar-refractivity contribution >= 4 is 63.2 Å². The summed E-state index contributed by atoms with van der Waals surface area (Å²) in [6.45, 7) is 0. The fourth-order valence-corrected chi connectivity index (χ4v) is 3.11. The van der Waals surface area contributed by atoms with Gasteiger partial charge in [-0.2, -0.15) is 0 Å². The van der Waals surface area contributed by atoms with Gasteiger partial charge in [-0.1, -0.05) is 8.93 Å². The monoisotopic (exact) mass is 300 g/mol. The summed E-state index contributed by atoms with van der Waals surface area (Å²) >= 11 is 1.14. The van der Waals surface area contributed by atoms with E-state index in [4.69, 9.17) is 14.6 Å². The van der Waals surface area contributed by atoms with Crippen LogP contribution in [-0.4, -0.2) is 23.1 Å². The standard InChI is InChI=1S/C5H9BO4P4S/c7-5(10-14(12)13-11)4-1-3(2-15-4)6(8)9/h1-2,8-9,13H,11-12H2. The fraction of sp³-hybridized carbons (Fsp3) is 0. The van der Waals surface area contributed by atoms with Gasteiger partial charge in [0.2, 0.25) is 0 Å². The Bertz CT molecular complexity index is 346. The zero-order valence-electron chi connectivity index (χ0n) is 7.45. The molecule has 1 rings (SSSR count). The molecule has 4 unspecified atom stereocenters. The Morgan fingerprint density at radius 1 is 1.67 bits per heavy atom. The van der Waals surface area contributed by atoms with E-state index in [1.165, 1.54) is 11.4 Å². The molecule has 0 saturated heterocycles. The van der Waals surface area contributed by atoms with Crippen molar-refractivity contribution in [2.75, 3.05) is 0 Å². The van der Waals surface area contributed by atoms with Crippen molar-refractivity contribution in [3.63, 3.8) is 0 Å². The molecule has 2 N–H and O–H groups in total. The molecule has 0 spiro atoms. The highest BCUT2D eigenvalue weighted by molar-refractivity contribution is 8.59. The van der Waals surface area contributed by atoms with E-state index in [0.29, 0.717) is 18.3 Å². The predicted octanol–water partition coefficient (Wildman–Crippen LogP) is 1.16. The molecule has 1 aromatic heterocycles. The summed E-state index contributed by atoms with van der Waals surface area (Å²) in [5, 5.41) is 19.2. The highest BCUT2D eigenvalue weighted by Crippen LogP contribution is 2.66. The lowest BCUT2D eigenvalue weighted by Gasteiger charge is -2.07. The second-order valence-electron chi connectivity index (χ2n) is 2.45. The van der Waals surface area contributed by atoms with Crippen LogP contribution in [0.4, 0.5) is 0 Å². The maximum atomic E-state index is 11.5. The molecule has 0 aliphatic rings. The molecule has 10 heteroatoms. The van der Waals surface area contributed by atoms with Crippen LogP contribution in [0.1, 0.15) is 9.67 Å². The van der Waals surface area contributed by atoms with E-state index in [2.05, 4.69) is 17.9 Å². The van der Waals surface area contributed by atoms with Crippen molar-refractivity contribution < 1.29 is 19.4 Å². The summed E-state index contributed by atoms with van der Waals surface area (Å²) < 4.78 is 5.11. The molecule has 0 aliphatic carbocycles. The van der Waals surface area contributed by atoms with Crippen LogP contribution in [0.3, 0.4) is 0 Å². The van der Waals surface area contributed by atoms with Crippen LogP contribution in [0.5, 0.6) is 0 Å². The Morgan fingerprint density at radius 3 is 2.80 bits per heavy atom. The van der Waals surface area contributed by atoms with Crippen molar-refractivity contribution in [3.05, 3.63) is 16.3 Å². The largest absolute Gasteiger partial charge is 0.489 e. The fourth-order valence-electron chi connectivity index (χ4n) is 0.754. The maximum Gasteiger partial charge on any atom is 0.489 e. The van der Waals surface area contributed by atoms with Gasteiger partial charge in [0.1, 0.15) is 12.4 Å². The minimum Gasteiger partial charge on any atom is -0.432 e. The molecular formula is C5H9BO4P4S. The first-order valence-corrected chi connectivity index (χ1v) is 11.1. The van der Waals surface area contributed by atoms with Gasteiger partial charge in [0.15, 0.2) is 0 Å². The van der Waals surface area contributed by atoms with Crippen LogP contribution < -0.4 is 5.46 Å². The first kappa shape index (κ1) is 13.9. The summed E-state index contributed by atoms with van der Waals surface area (Å²) in [6.07, 6.45) is 0. The lowest BCUT2D eigenvalue weighted by molar-refractivity contribution is 0.0767. The summed E-state index contributed by atoms with van der Waals surface area (Å²) in [5.74, 6) is -0.414. The van der Waals surface area contributed by atoms with E-state index in [9.17, 15) is 4.79 Å². The molecule has 82 valence electrons. The normalized spacial score (nSPS) is 13.1. The average molecular weight is 300 g/mol. The third kappa shape index (κ3) is 4.33. The van der Waals surface area contributed by atoms with Crippen LogP contribution in [0.2, 0.25) is 0 Å². The molecule has 1 heterocycles. The zero-order valence-corrected chi connectivity index (χ0v) is 12.5. The van der Waals surface area contributed by atoms with Gasteiger partial charge in [-0.25, -0.2) is 4.79 Å². The predicted molar refractivity (Wildman–Crippen MR) is 74.2 cm³/mol. The smallest absolute Gasteiger partial charge is 0.432 e. The van der Waals surface area contributed by atoms with Crippen molar-refractivity contribution in [3.8, 4) is 0 Å². The molecule has 15 heavy (non-hydrogen) atoms. The van der Waals surface area contributed by atoms with Crippen molar-refractivity contribution in [2.45, 2.75) is 0 Å². The summed E-state index contributed by atoms with van der Waals surface area (Å²) in [5.41, 5.74) is 0.313. The number of hydrogen-bond donors (Lipinski definition) is 2. The Morgan fingerprint density at radius 2 is 2.33 bits per heavy atom. The minimum atomic E-state index is -1.54. The second-order valence-corrected chi connectivity index (χ2v) is 11.8. The lowest BCUT2D eigenvalue weighted by Crippen LogP contribution is -2.28. The van der Waals surface area contributed by atoms with Gasteiger partial charge in [0, 0.05) is 0 Å². The molecule has 0 radical (unpaired) electrons. The highest BCUT2D eigenvalue weighted by Gasteiger charge is 2.18. The minimum absolute atomic E-state index is 0.313. The highest BCUT2D eigenvalue weighted by atomic mass is 32.6. The maximum absolute atomic E-state index is 11.5. The van der Waals surface area contributed by atoms with Gasteiger partial charge >= 0.3 is 13.1 Å². The molecule has 4 nitrogen and oxygen atoms in total. The summed E-state index contributed by atoms with van der Waals surface area (Å²) in [6, 6.07) is 1.43. The number of hydrogen-bond acceptors (Lipinski definition) is 5. The van der Waals surface area contributed by atoms with E-state index in [0.717, 1.165) is 11.3 Å². The van der Waals surface area contributed by atoms with Gasteiger partial charge < -0.3 is 14.6 Å². The summed E-state index contributed by atoms with van der Waals surface area (Å²) in [4.78, 5) is 11.9. The average Bonchev–Trinajstić information content (AvgIpc) is 2.66. The Hall–Kier alpha value is 0.875. The van der Waals surface area contributed by atoms with E-state index in [1.807, 2.05) is 0 Å². The molecule has 0 bridgehead atoms. The van der Waals surface area contributed by atoms with Crippen LogP contribution >= 0.6 is 44.7 Å². The van der Waals surface area contributed by atoms with Crippen LogP contribution in [0.25, 0.3) is 0 Å². The van der Waals surface area contributed by atoms with Gasteiger partial charge in [0.25, 0.3) is 0 Å². The number of carbonyl (C=O) groups is 1. The topological polar surface area (TPSA) is 66.8 Å². The van der Waals surface area contributed by atoms with Crippen molar-refractivity contribution in [1.29, 1.82) is 0 Å². The SMILES string of the molecule is O=C(OP(P)PP)c1cc(B(O)O)cs1. The van der Waals surface area contributed by atoms with E-state index in [1.54, 1.807) is 0 Å². The molecule has 0 fully saturated rings. The van der Waals surface area contributed by atoms with Crippen LogP contribution in [-0.2, 0) is 4.52 Å². The Kier molecular flexibility index (Phi) is 6.11. The molecule has 1 aromatic rings. The second kappa shape index (κ2) is 6.57. The Labute approximate surface area is 99.0 Å². The molecular weight excluding hydrogens is 291 g/mol. The number of carbonyl (C=O) groups excluding carboxylic acids is 1. The molecule has 4 atom stereocenters. The van der Waals surface area contributed by atoms with Crippen molar-refractivity contribution in [1.82, 2.24) is 0 Å². The van der Waals surface area contributed by atoms with E-state index < -0.39 is 20.6 Å². The van der Waals surface area contributed by atoms with Gasteiger partial charge in [0.05, 0.1) is 0 Å². The van der Waals surface area contributed by atoms with E-state index >= 15 is 0 Å². The zero-order chi connectivity index (χ0) is 11.4. The quantitative estimate of drug-likeness (QED) is 0.647. The first-order chi connectivity index (χ1) is 7.04. The third-order valence-electron chi connectivity index (χ3n) is 1.43. The third-order valence-corrected chi connectivity index (χ3v) is 10.6. The lowest BCUT2D eigenvalue weighted by atomic mass is 9.83. The molecule has 0 aromatic carbocycles. The number of rotatable bonds is 4. The molecule has 0 aliphatic heterocycles. The van der Waals surface area contributed by atoms with E-state index in [-0.39, 0.29) is 0 Å². The van der Waals surface area contributed by atoms with Crippen LogP contribution in [0, 0.1) is 0 Å². The van der Waals surface area contributed by atoms with Gasteiger partial charge in [-0.05, 0) is 24.9 Å². The molecule has 0 saturated carbocycles. The Balaban J connectivity index is 2.66. The first-order valence-electron chi connectivity index (χ1n) is 3.72. The van der Waals surface area contributed by atoms with Crippen molar-refractivity contribution in [2.24, 2.45) is 0 Å². The molecule has 0 amide bonds. The summed E-state index contributed by atoms with van der Waals surface area (Å²) in [7, 11) is 3.13. The van der Waals surface area contributed by atoms with Gasteiger partial charge in [-0.15, -0.1) is 20.3 Å². The van der Waals surface area contributed by atoms with Gasteiger partial charge in [-0.3, -0.25) is 0 Å².